The second-order valence-electron chi connectivity index (χ2n) is 9.82. The van der Waals surface area contributed by atoms with E-state index >= 15 is 0 Å². The summed E-state index contributed by atoms with van der Waals surface area (Å²) < 4.78 is 7.44. The summed E-state index contributed by atoms with van der Waals surface area (Å²) in [7, 11) is 1.73. The second kappa shape index (κ2) is 11.2. The molecule has 2 aliphatic heterocycles. The van der Waals surface area contributed by atoms with Crippen molar-refractivity contribution in [2.45, 2.75) is 12.6 Å². The van der Waals surface area contributed by atoms with Crippen molar-refractivity contribution in [3.63, 3.8) is 0 Å². The number of pyridine rings is 1. The van der Waals surface area contributed by atoms with Crippen LogP contribution in [0.15, 0.2) is 72.4 Å². The van der Waals surface area contributed by atoms with Gasteiger partial charge in [-0.05, 0) is 17.2 Å². The number of nitrogens with one attached hydrogen (secondary N) is 1. The molecule has 0 atom stereocenters. The van der Waals surface area contributed by atoms with Crippen LogP contribution < -0.4 is 16.0 Å². The molecule has 2 aliphatic rings. The molecule has 6 rings (SSSR count). The molecule has 0 radical (unpaired) electrons. The molecular weight excluding hydrogens is 490 g/mol. The van der Waals surface area contributed by atoms with Crippen molar-refractivity contribution < 1.29 is 4.74 Å². The van der Waals surface area contributed by atoms with Crippen LogP contribution in [0.1, 0.15) is 11.1 Å². The maximum absolute atomic E-state index is 5.72. The highest BCUT2D eigenvalue weighted by atomic mass is 16.5. The number of piperazine rings is 1. The van der Waals surface area contributed by atoms with Gasteiger partial charge in [0.1, 0.15) is 17.8 Å². The predicted molar refractivity (Wildman–Crippen MR) is 155 cm³/mol. The number of imidazole rings is 1. The van der Waals surface area contributed by atoms with E-state index in [1.807, 2.05) is 24.4 Å². The lowest BCUT2D eigenvalue weighted by molar-refractivity contribution is -0.0660. The van der Waals surface area contributed by atoms with E-state index in [0.717, 1.165) is 78.9 Å². The minimum atomic E-state index is 0.602. The van der Waals surface area contributed by atoms with E-state index in [4.69, 9.17) is 10.5 Å². The average molecular weight is 524 g/mol. The summed E-state index contributed by atoms with van der Waals surface area (Å²) in [5, 5.41) is 3.41. The quantitative estimate of drug-likeness (QED) is 0.340. The van der Waals surface area contributed by atoms with Crippen molar-refractivity contribution in [1.82, 2.24) is 24.3 Å². The third kappa shape index (κ3) is 5.34. The normalized spacial score (nSPS) is 17.2. The molecule has 2 saturated heterocycles. The SMILES string of the molecule is CN=CC(=CN)c1ccc(CNc2cc(-c3cnc4cc(N5CCN(C6COC6)CC5)ccn34)ncn2)cc1. The fraction of sp³-hybridized carbons (Fsp3) is 0.310. The summed E-state index contributed by atoms with van der Waals surface area (Å²) in [4.78, 5) is 22.7. The molecule has 0 saturated carbocycles. The maximum Gasteiger partial charge on any atom is 0.139 e. The first-order chi connectivity index (χ1) is 19.2. The number of aromatic nitrogens is 4. The predicted octanol–water partition coefficient (Wildman–Crippen LogP) is 2.92. The van der Waals surface area contributed by atoms with E-state index in [2.05, 4.69) is 69.9 Å². The van der Waals surface area contributed by atoms with Crippen LogP contribution in [0.3, 0.4) is 0 Å². The third-order valence-electron chi connectivity index (χ3n) is 7.45. The number of nitrogens with zero attached hydrogens (tertiary/aromatic N) is 7. The summed E-state index contributed by atoms with van der Waals surface area (Å²) in [6.45, 7) is 6.55. The number of rotatable bonds is 8. The Morgan fingerprint density at radius 2 is 1.90 bits per heavy atom. The Balaban J connectivity index is 1.12. The first-order valence-corrected chi connectivity index (χ1v) is 13.3. The largest absolute Gasteiger partial charge is 0.404 e. The molecular formula is C29H33N9O. The maximum atomic E-state index is 5.72. The number of nitrogens with two attached hydrogens (primary N) is 1. The first kappa shape index (κ1) is 25.0. The highest BCUT2D eigenvalue weighted by Crippen LogP contribution is 2.25. The monoisotopic (exact) mass is 523 g/mol. The van der Waals surface area contributed by atoms with Crippen LogP contribution in [0.4, 0.5) is 11.5 Å². The third-order valence-corrected chi connectivity index (χ3v) is 7.45. The minimum Gasteiger partial charge on any atom is -0.404 e. The molecule has 3 N–H and O–H groups in total. The Kier molecular flexibility index (Phi) is 7.20. The van der Waals surface area contributed by atoms with Gasteiger partial charge in [0.2, 0.25) is 0 Å². The summed E-state index contributed by atoms with van der Waals surface area (Å²) in [6.07, 6.45) is 8.87. The van der Waals surface area contributed by atoms with Gasteiger partial charge in [-0.15, -0.1) is 0 Å². The number of ether oxygens (including phenoxy) is 1. The molecule has 10 nitrogen and oxygen atoms in total. The van der Waals surface area contributed by atoms with Crippen LogP contribution in [-0.2, 0) is 11.3 Å². The van der Waals surface area contributed by atoms with Crippen molar-refractivity contribution in [2.75, 3.05) is 56.7 Å². The standard InChI is InChI=1S/C29H33N9O/c1-31-16-23(14-30)22-4-2-21(3-5-22)15-32-28-13-26(34-20-35-28)27-17-33-29-12-24(6-7-38(27)29)36-8-10-37(11-9-36)25-18-39-19-25/h2-7,12-14,16-17,20,25H,8-11,15,18-19,30H2,1H3,(H,32,34,35). The molecule has 0 aliphatic carbocycles. The lowest BCUT2D eigenvalue weighted by Crippen LogP contribution is -2.56. The van der Waals surface area contributed by atoms with Gasteiger partial charge in [0.25, 0.3) is 0 Å². The van der Waals surface area contributed by atoms with Crippen molar-refractivity contribution in [3.8, 4) is 11.4 Å². The van der Waals surface area contributed by atoms with E-state index < -0.39 is 0 Å². The summed E-state index contributed by atoms with van der Waals surface area (Å²) in [5.41, 5.74) is 12.6. The highest BCUT2D eigenvalue weighted by molar-refractivity contribution is 6.09. The molecule has 0 unspecified atom stereocenters. The van der Waals surface area contributed by atoms with E-state index in [0.29, 0.717) is 12.6 Å². The van der Waals surface area contributed by atoms with Gasteiger partial charge in [-0.25, -0.2) is 15.0 Å². The fourth-order valence-electron chi connectivity index (χ4n) is 5.09. The Hall–Kier alpha value is -4.28. The lowest BCUT2D eigenvalue weighted by atomic mass is 10.1. The lowest BCUT2D eigenvalue weighted by Gasteiger charge is -2.43. The fourth-order valence-corrected chi connectivity index (χ4v) is 5.09. The zero-order chi connectivity index (χ0) is 26.6. The van der Waals surface area contributed by atoms with Crippen LogP contribution in [0.25, 0.3) is 22.6 Å². The van der Waals surface area contributed by atoms with Crippen molar-refractivity contribution in [2.24, 2.45) is 10.7 Å². The van der Waals surface area contributed by atoms with Crippen molar-refractivity contribution >= 4 is 28.9 Å². The Labute approximate surface area is 227 Å². The van der Waals surface area contributed by atoms with Gasteiger partial charge >= 0.3 is 0 Å². The molecule has 0 bridgehead atoms. The topological polar surface area (TPSA) is 109 Å². The molecule has 5 heterocycles. The summed E-state index contributed by atoms with van der Waals surface area (Å²) >= 11 is 0. The smallest absolute Gasteiger partial charge is 0.139 e. The minimum absolute atomic E-state index is 0.602. The van der Waals surface area contributed by atoms with Gasteiger partial charge in [0, 0.05) is 81.8 Å². The Morgan fingerprint density at radius 3 is 2.62 bits per heavy atom. The number of benzene rings is 1. The van der Waals surface area contributed by atoms with Gasteiger partial charge < -0.3 is 20.7 Å². The molecule has 2 fully saturated rings. The van der Waals surface area contributed by atoms with Gasteiger partial charge in [0.05, 0.1) is 36.8 Å². The van der Waals surface area contributed by atoms with E-state index in [9.17, 15) is 0 Å². The number of fused-ring (bicyclic) bond motifs is 1. The summed E-state index contributed by atoms with van der Waals surface area (Å²) in [6, 6.07) is 15.1. The molecule has 200 valence electrons. The summed E-state index contributed by atoms with van der Waals surface area (Å²) in [5.74, 6) is 0.756. The van der Waals surface area contributed by atoms with Gasteiger partial charge in [-0.2, -0.15) is 0 Å². The molecule has 4 aromatic rings. The van der Waals surface area contributed by atoms with Crippen LogP contribution in [0.5, 0.6) is 0 Å². The van der Waals surface area contributed by atoms with Crippen LogP contribution >= 0.6 is 0 Å². The zero-order valence-corrected chi connectivity index (χ0v) is 22.1. The molecule has 0 spiro atoms. The number of hydrogen-bond acceptors (Lipinski definition) is 9. The van der Waals surface area contributed by atoms with Gasteiger partial charge in [-0.1, -0.05) is 24.3 Å². The second-order valence-corrected chi connectivity index (χ2v) is 9.82. The Morgan fingerprint density at radius 1 is 1.08 bits per heavy atom. The average Bonchev–Trinajstić information content (AvgIpc) is 3.38. The van der Waals surface area contributed by atoms with E-state index in [-0.39, 0.29) is 0 Å². The van der Waals surface area contributed by atoms with E-state index in [1.54, 1.807) is 25.8 Å². The molecule has 0 amide bonds. The van der Waals surface area contributed by atoms with Gasteiger partial charge in [-0.3, -0.25) is 14.3 Å². The number of aliphatic imine (C=N–C) groups is 1. The molecule has 39 heavy (non-hydrogen) atoms. The van der Waals surface area contributed by atoms with Gasteiger partial charge in [0.15, 0.2) is 0 Å². The highest BCUT2D eigenvalue weighted by Gasteiger charge is 2.29. The molecule has 3 aromatic heterocycles. The van der Waals surface area contributed by atoms with Crippen molar-refractivity contribution in [1.29, 1.82) is 0 Å². The number of anilines is 2. The van der Waals surface area contributed by atoms with Crippen LogP contribution in [0.2, 0.25) is 0 Å². The van der Waals surface area contributed by atoms with Crippen LogP contribution in [0, 0.1) is 0 Å². The molecule has 1 aromatic carbocycles. The zero-order valence-electron chi connectivity index (χ0n) is 22.1. The molecule has 10 heteroatoms. The van der Waals surface area contributed by atoms with Crippen LogP contribution in [-0.4, -0.2) is 82.9 Å². The number of allylic oxidation sites excluding steroid dienone is 1. The Bertz CT molecular complexity index is 1480. The number of hydrogen-bond donors (Lipinski definition) is 2. The van der Waals surface area contributed by atoms with E-state index in [1.165, 1.54) is 5.69 Å². The van der Waals surface area contributed by atoms with Crippen molar-refractivity contribution in [3.05, 3.63) is 78.5 Å². The first-order valence-electron chi connectivity index (χ1n) is 13.3.